The van der Waals surface area contributed by atoms with Gasteiger partial charge in [0.1, 0.15) is 17.8 Å². The molecule has 0 radical (unpaired) electrons. The van der Waals surface area contributed by atoms with Crippen LogP contribution in [0.5, 0.6) is 5.75 Å². The Hall–Kier alpha value is -1.72. The number of ether oxygens (including phenoxy) is 1. The van der Waals surface area contributed by atoms with Crippen LogP contribution in [0.4, 0.5) is 0 Å². The van der Waals surface area contributed by atoms with Crippen molar-refractivity contribution in [3.05, 3.63) is 30.2 Å². The Labute approximate surface area is 106 Å². The van der Waals surface area contributed by atoms with Gasteiger partial charge in [-0.05, 0) is 26.0 Å². The number of fused-ring (bicyclic) bond motifs is 1. The molecule has 2 heterocycles. The fourth-order valence-corrected chi connectivity index (χ4v) is 1.63. The monoisotopic (exact) mass is 248 g/mol. The molecule has 0 bridgehead atoms. The largest absolute Gasteiger partial charge is 0.487 e. The first-order valence-corrected chi connectivity index (χ1v) is 5.77. The van der Waals surface area contributed by atoms with Crippen LogP contribution in [0.25, 0.3) is 10.9 Å². The minimum atomic E-state index is 0.0423. The summed E-state index contributed by atoms with van der Waals surface area (Å²) in [6, 6.07) is 3.82. The second kappa shape index (κ2) is 5.75. The predicted molar refractivity (Wildman–Crippen MR) is 67.1 cm³/mol. The Balaban J connectivity index is 2.48. The Morgan fingerprint density at radius 3 is 2.83 bits per heavy atom. The molecule has 0 saturated heterocycles. The second-order valence-corrected chi connectivity index (χ2v) is 4.07. The van der Waals surface area contributed by atoms with Crippen molar-refractivity contribution in [2.75, 3.05) is 7.11 Å². The molecule has 0 aliphatic carbocycles. The van der Waals surface area contributed by atoms with Crippen molar-refractivity contribution in [3.63, 3.8) is 0 Å². The van der Waals surface area contributed by atoms with Gasteiger partial charge >= 0.3 is 0 Å². The molecule has 0 spiro atoms. The third kappa shape index (κ3) is 2.75. The molecule has 0 unspecified atom stereocenters. The van der Waals surface area contributed by atoms with E-state index >= 15 is 0 Å². The fraction of sp³-hybridized carbons (Fsp3) is 0.385. The molecule has 0 saturated carbocycles. The molecule has 0 fully saturated rings. The van der Waals surface area contributed by atoms with Crippen LogP contribution >= 0.6 is 0 Å². The predicted octanol–water partition coefficient (Wildman–Crippen LogP) is 2.50. The molecule has 18 heavy (non-hydrogen) atoms. The molecule has 0 aliphatic rings. The molecule has 96 valence electrons. The minimum absolute atomic E-state index is 0.0423. The zero-order valence-corrected chi connectivity index (χ0v) is 10.7. The molecule has 0 aliphatic heterocycles. The van der Waals surface area contributed by atoms with E-state index in [2.05, 4.69) is 14.9 Å². The van der Waals surface area contributed by atoms with Crippen LogP contribution in [-0.4, -0.2) is 23.2 Å². The van der Waals surface area contributed by atoms with Crippen molar-refractivity contribution >= 4 is 10.9 Å². The first-order chi connectivity index (χ1) is 8.72. The molecule has 0 amide bonds. The third-order valence-electron chi connectivity index (χ3n) is 2.34. The van der Waals surface area contributed by atoms with Crippen molar-refractivity contribution in [2.24, 2.45) is 0 Å². The lowest BCUT2D eigenvalue weighted by Gasteiger charge is -2.14. The van der Waals surface area contributed by atoms with Crippen LogP contribution < -0.4 is 4.74 Å². The highest BCUT2D eigenvalue weighted by molar-refractivity contribution is 5.84. The first kappa shape index (κ1) is 12.7. The molecule has 0 aromatic carbocycles. The van der Waals surface area contributed by atoms with Crippen molar-refractivity contribution < 1.29 is 14.5 Å². The SMILES string of the molecule is COOCc1ncc2cccnc2c1OC(C)C. The second-order valence-electron chi connectivity index (χ2n) is 4.07. The summed E-state index contributed by atoms with van der Waals surface area (Å²) < 4.78 is 5.80. The van der Waals surface area contributed by atoms with Crippen molar-refractivity contribution in [1.29, 1.82) is 0 Å². The van der Waals surface area contributed by atoms with E-state index in [0.717, 1.165) is 10.9 Å². The van der Waals surface area contributed by atoms with E-state index in [4.69, 9.17) is 9.62 Å². The standard InChI is InChI=1S/C13H16N2O3/c1-9(2)18-13-11(8-17-16-3)15-7-10-5-4-6-14-12(10)13/h4-7,9H,8H2,1-3H3. The van der Waals surface area contributed by atoms with E-state index in [1.807, 2.05) is 26.0 Å². The van der Waals surface area contributed by atoms with Crippen molar-refractivity contribution in [2.45, 2.75) is 26.6 Å². The van der Waals surface area contributed by atoms with E-state index in [-0.39, 0.29) is 12.7 Å². The molecular weight excluding hydrogens is 232 g/mol. The van der Waals surface area contributed by atoms with E-state index in [9.17, 15) is 0 Å². The number of aromatic nitrogens is 2. The maximum absolute atomic E-state index is 5.80. The van der Waals surface area contributed by atoms with Gasteiger partial charge in [-0.3, -0.25) is 9.97 Å². The number of pyridine rings is 2. The van der Waals surface area contributed by atoms with E-state index in [1.54, 1.807) is 12.4 Å². The van der Waals surface area contributed by atoms with Crippen LogP contribution in [-0.2, 0) is 16.4 Å². The summed E-state index contributed by atoms with van der Waals surface area (Å²) in [5, 5.41) is 0.939. The Morgan fingerprint density at radius 2 is 2.11 bits per heavy atom. The maximum Gasteiger partial charge on any atom is 0.169 e. The maximum atomic E-state index is 5.80. The summed E-state index contributed by atoms with van der Waals surface area (Å²) in [6.07, 6.45) is 3.53. The number of hydrogen-bond donors (Lipinski definition) is 0. The topological polar surface area (TPSA) is 53.5 Å². The lowest BCUT2D eigenvalue weighted by Crippen LogP contribution is -2.10. The van der Waals surface area contributed by atoms with Gasteiger partial charge in [-0.1, -0.05) is 0 Å². The Bertz CT molecular complexity index is 529. The average Bonchev–Trinajstić information content (AvgIpc) is 2.37. The van der Waals surface area contributed by atoms with Crippen molar-refractivity contribution in [1.82, 2.24) is 9.97 Å². The van der Waals surface area contributed by atoms with Gasteiger partial charge in [0.15, 0.2) is 5.75 Å². The normalized spacial score (nSPS) is 11.1. The summed E-state index contributed by atoms with van der Waals surface area (Å²) in [4.78, 5) is 18.2. The summed E-state index contributed by atoms with van der Waals surface area (Å²) >= 11 is 0. The Morgan fingerprint density at radius 1 is 1.28 bits per heavy atom. The van der Waals surface area contributed by atoms with Gasteiger partial charge in [-0.2, -0.15) is 0 Å². The van der Waals surface area contributed by atoms with Crippen molar-refractivity contribution in [3.8, 4) is 5.75 Å². The number of hydrogen-bond acceptors (Lipinski definition) is 5. The number of rotatable bonds is 5. The van der Waals surface area contributed by atoms with Gasteiger partial charge in [0, 0.05) is 17.8 Å². The van der Waals surface area contributed by atoms with Crippen LogP contribution in [0.15, 0.2) is 24.5 Å². The fourth-order valence-electron chi connectivity index (χ4n) is 1.63. The lowest BCUT2D eigenvalue weighted by atomic mass is 10.2. The van der Waals surface area contributed by atoms with E-state index in [1.165, 1.54) is 7.11 Å². The van der Waals surface area contributed by atoms with E-state index in [0.29, 0.717) is 11.4 Å². The minimum Gasteiger partial charge on any atom is -0.487 e. The first-order valence-electron chi connectivity index (χ1n) is 5.77. The lowest BCUT2D eigenvalue weighted by molar-refractivity contribution is -0.283. The molecule has 0 atom stereocenters. The molecule has 5 heteroatoms. The highest BCUT2D eigenvalue weighted by Crippen LogP contribution is 2.27. The quantitative estimate of drug-likeness (QED) is 0.601. The molecule has 5 nitrogen and oxygen atoms in total. The molecular formula is C13H16N2O3. The van der Waals surface area contributed by atoms with Crippen LogP contribution in [0.3, 0.4) is 0 Å². The third-order valence-corrected chi connectivity index (χ3v) is 2.34. The average molecular weight is 248 g/mol. The van der Waals surface area contributed by atoms with Gasteiger partial charge in [0.25, 0.3) is 0 Å². The summed E-state index contributed by atoms with van der Waals surface area (Å²) in [5.41, 5.74) is 1.47. The van der Waals surface area contributed by atoms with Gasteiger partial charge in [-0.15, -0.1) is 0 Å². The highest BCUT2D eigenvalue weighted by atomic mass is 17.2. The van der Waals surface area contributed by atoms with Gasteiger partial charge in [0.2, 0.25) is 0 Å². The molecule has 2 rings (SSSR count). The molecule has 0 N–H and O–H groups in total. The van der Waals surface area contributed by atoms with Gasteiger partial charge < -0.3 is 4.74 Å². The summed E-state index contributed by atoms with van der Waals surface area (Å²) in [7, 11) is 1.46. The van der Waals surface area contributed by atoms with Crippen LogP contribution in [0.2, 0.25) is 0 Å². The zero-order chi connectivity index (χ0) is 13.0. The summed E-state index contributed by atoms with van der Waals surface area (Å²) in [6.45, 7) is 4.15. The molecule has 2 aromatic rings. The Kier molecular flexibility index (Phi) is 4.07. The summed E-state index contributed by atoms with van der Waals surface area (Å²) in [5.74, 6) is 0.653. The van der Waals surface area contributed by atoms with Crippen LogP contribution in [0.1, 0.15) is 19.5 Å². The van der Waals surface area contributed by atoms with Gasteiger partial charge in [0.05, 0.1) is 13.2 Å². The van der Waals surface area contributed by atoms with Crippen LogP contribution in [0, 0.1) is 0 Å². The van der Waals surface area contributed by atoms with Gasteiger partial charge in [-0.25, -0.2) is 9.78 Å². The zero-order valence-electron chi connectivity index (χ0n) is 10.7. The molecule has 2 aromatic heterocycles. The smallest absolute Gasteiger partial charge is 0.169 e. The highest BCUT2D eigenvalue weighted by Gasteiger charge is 2.13. The van der Waals surface area contributed by atoms with E-state index < -0.39 is 0 Å². The number of nitrogens with zero attached hydrogens (tertiary/aromatic N) is 2.